The van der Waals surface area contributed by atoms with Crippen LogP contribution in [0.3, 0.4) is 0 Å². The van der Waals surface area contributed by atoms with Crippen LogP contribution in [0.15, 0.2) is 24.3 Å². The summed E-state index contributed by atoms with van der Waals surface area (Å²) in [6.45, 7) is 16.0. The Morgan fingerprint density at radius 2 is 1.85 bits per heavy atom. The summed E-state index contributed by atoms with van der Waals surface area (Å²) in [5, 5.41) is 3.54. The van der Waals surface area contributed by atoms with E-state index in [4.69, 9.17) is 0 Å². The van der Waals surface area contributed by atoms with E-state index in [1.165, 1.54) is 11.1 Å². The third-order valence-corrected chi connectivity index (χ3v) is 4.39. The van der Waals surface area contributed by atoms with Crippen molar-refractivity contribution in [3.8, 4) is 0 Å². The maximum atomic E-state index is 3.54. The molecule has 1 N–H and O–H groups in total. The van der Waals surface area contributed by atoms with Crippen LogP contribution in [0.25, 0.3) is 0 Å². The molecule has 2 nitrogen and oxygen atoms in total. The van der Waals surface area contributed by atoms with Gasteiger partial charge in [-0.3, -0.25) is 4.90 Å². The molecule has 1 aromatic rings. The van der Waals surface area contributed by atoms with Crippen LogP contribution in [-0.2, 0) is 6.54 Å². The Balaban J connectivity index is 2.07. The molecule has 0 bridgehead atoms. The van der Waals surface area contributed by atoms with E-state index in [0.29, 0.717) is 17.4 Å². The number of hydrogen-bond donors (Lipinski definition) is 1. The normalized spacial score (nSPS) is 21.4. The Bertz CT molecular complexity index is 414. The quantitative estimate of drug-likeness (QED) is 0.905. The van der Waals surface area contributed by atoms with Crippen LogP contribution in [0.2, 0.25) is 0 Å². The highest BCUT2D eigenvalue weighted by Crippen LogP contribution is 2.27. The second kappa shape index (κ2) is 6.28. The highest BCUT2D eigenvalue weighted by molar-refractivity contribution is 5.24. The second-order valence-electron chi connectivity index (χ2n) is 7.45. The van der Waals surface area contributed by atoms with Gasteiger partial charge in [0.15, 0.2) is 0 Å². The highest BCUT2D eigenvalue weighted by atomic mass is 15.2. The maximum Gasteiger partial charge on any atom is 0.0273 e. The molecule has 0 saturated carbocycles. The van der Waals surface area contributed by atoms with Crippen LogP contribution in [-0.4, -0.2) is 30.6 Å². The van der Waals surface area contributed by atoms with Crippen LogP contribution in [0.1, 0.15) is 51.7 Å². The van der Waals surface area contributed by atoms with E-state index in [0.717, 1.165) is 26.2 Å². The van der Waals surface area contributed by atoms with E-state index in [-0.39, 0.29) is 0 Å². The fourth-order valence-electron chi connectivity index (χ4n) is 3.03. The summed E-state index contributed by atoms with van der Waals surface area (Å²) in [5.41, 5.74) is 3.19. The summed E-state index contributed by atoms with van der Waals surface area (Å²) in [7, 11) is 0. The van der Waals surface area contributed by atoms with Crippen molar-refractivity contribution in [1.82, 2.24) is 10.2 Å². The van der Waals surface area contributed by atoms with Crippen molar-refractivity contribution in [2.75, 3.05) is 19.6 Å². The van der Waals surface area contributed by atoms with Gasteiger partial charge in [-0.2, -0.15) is 0 Å². The highest BCUT2D eigenvalue weighted by Gasteiger charge is 2.32. The first-order chi connectivity index (χ1) is 9.38. The minimum absolute atomic E-state index is 0.325. The fourth-order valence-corrected chi connectivity index (χ4v) is 3.03. The third-order valence-electron chi connectivity index (χ3n) is 4.39. The van der Waals surface area contributed by atoms with Gasteiger partial charge in [0.1, 0.15) is 0 Å². The topological polar surface area (TPSA) is 15.3 Å². The van der Waals surface area contributed by atoms with E-state index >= 15 is 0 Å². The Morgan fingerprint density at radius 3 is 2.40 bits per heavy atom. The Labute approximate surface area is 124 Å². The van der Waals surface area contributed by atoms with Crippen LogP contribution >= 0.6 is 0 Å². The predicted octanol–water partition coefficient (Wildman–Crippen LogP) is 3.63. The summed E-state index contributed by atoms with van der Waals surface area (Å²) in [5.74, 6) is 0.616. The van der Waals surface area contributed by atoms with Crippen LogP contribution in [0.5, 0.6) is 0 Å². The van der Waals surface area contributed by atoms with Gasteiger partial charge in [0.2, 0.25) is 0 Å². The smallest absolute Gasteiger partial charge is 0.0273 e. The molecule has 2 rings (SSSR count). The van der Waals surface area contributed by atoms with Crippen molar-refractivity contribution in [1.29, 1.82) is 0 Å². The van der Waals surface area contributed by atoms with Gasteiger partial charge in [-0.25, -0.2) is 0 Å². The van der Waals surface area contributed by atoms with Crippen LogP contribution in [0, 0.1) is 5.41 Å². The molecule has 112 valence electrons. The lowest BCUT2D eigenvalue weighted by molar-refractivity contribution is 0.0689. The molecular weight excluding hydrogens is 244 g/mol. The van der Waals surface area contributed by atoms with Gasteiger partial charge in [-0.05, 0) is 22.5 Å². The molecular formula is C18H30N2. The molecule has 1 atom stereocenters. The Kier molecular flexibility index (Phi) is 4.87. The lowest BCUT2D eigenvalue weighted by Gasteiger charge is -2.43. The van der Waals surface area contributed by atoms with Crippen molar-refractivity contribution in [3.05, 3.63) is 35.4 Å². The maximum absolute atomic E-state index is 3.54. The SMILES string of the molecule is CC(C)c1ccc(CN2CCNCC2C(C)(C)C)cc1. The van der Waals surface area contributed by atoms with E-state index in [2.05, 4.69) is 69.1 Å². The van der Waals surface area contributed by atoms with Gasteiger partial charge in [-0.1, -0.05) is 58.9 Å². The molecule has 1 saturated heterocycles. The van der Waals surface area contributed by atoms with E-state index in [9.17, 15) is 0 Å². The van der Waals surface area contributed by atoms with E-state index in [1.807, 2.05) is 0 Å². The minimum Gasteiger partial charge on any atom is -0.314 e. The first-order valence-electron chi connectivity index (χ1n) is 7.91. The molecule has 1 fully saturated rings. The molecule has 0 spiro atoms. The molecule has 1 aliphatic rings. The summed E-state index contributed by atoms with van der Waals surface area (Å²) < 4.78 is 0. The first kappa shape index (κ1) is 15.5. The molecule has 0 radical (unpaired) electrons. The van der Waals surface area contributed by atoms with Crippen LogP contribution in [0.4, 0.5) is 0 Å². The standard InChI is InChI=1S/C18H30N2/c1-14(2)16-8-6-15(7-9-16)13-20-11-10-19-12-17(20)18(3,4)5/h6-9,14,17,19H,10-13H2,1-5H3. The summed E-state index contributed by atoms with van der Waals surface area (Å²) in [4.78, 5) is 2.64. The average Bonchev–Trinajstić information content (AvgIpc) is 2.38. The number of benzene rings is 1. The second-order valence-corrected chi connectivity index (χ2v) is 7.45. The Hall–Kier alpha value is -0.860. The molecule has 1 heterocycles. The predicted molar refractivity (Wildman–Crippen MR) is 87.1 cm³/mol. The molecule has 0 aliphatic carbocycles. The monoisotopic (exact) mass is 274 g/mol. The lowest BCUT2D eigenvalue weighted by Crippen LogP contribution is -2.56. The van der Waals surface area contributed by atoms with E-state index in [1.54, 1.807) is 0 Å². The molecule has 20 heavy (non-hydrogen) atoms. The zero-order valence-electron chi connectivity index (χ0n) is 13.7. The largest absolute Gasteiger partial charge is 0.314 e. The van der Waals surface area contributed by atoms with Gasteiger partial charge in [0.05, 0.1) is 0 Å². The van der Waals surface area contributed by atoms with Crippen molar-refractivity contribution < 1.29 is 0 Å². The van der Waals surface area contributed by atoms with Crippen molar-refractivity contribution in [2.45, 2.75) is 53.1 Å². The number of piperazine rings is 1. The Morgan fingerprint density at radius 1 is 1.20 bits per heavy atom. The molecule has 1 aliphatic heterocycles. The van der Waals surface area contributed by atoms with Crippen molar-refractivity contribution >= 4 is 0 Å². The molecule has 0 amide bonds. The molecule has 1 unspecified atom stereocenters. The minimum atomic E-state index is 0.325. The average molecular weight is 274 g/mol. The summed E-state index contributed by atoms with van der Waals surface area (Å²) >= 11 is 0. The third kappa shape index (κ3) is 3.83. The first-order valence-corrected chi connectivity index (χ1v) is 7.91. The number of nitrogens with one attached hydrogen (secondary N) is 1. The van der Waals surface area contributed by atoms with Crippen molar-refractivity contribution in [2.24, 2.45) is 5.41 Å². The zero-order chi connectivity index (χ0) is 14.8. The molecule has 0 aromatic heterocycles. The number of hydrogen-bond acceptors (Lipinski definition) is 2. The lowest BCUT2D eigenvalue weighted by atomic mass is 9.84. The number of rotatable bonds is 3. The van der Waals surface area contributed by atoms with Gasteiger partial charge >= 0.3 is 0 Å². The van der Waals surface area contributed by atoms with Gasteiger partial charge in [-0.15, -0.1) is 0 Å². The molecule has 1 aromatic carbocycles. The van der Waals surface area contributed by atoms with Gasteiger partial charge in [0.25, 0.3) is 0 Å². The number of nitrogens with zero attached hydrogens (tertiary/aromatic N) is 1. The van der Waals surface area contributed by atoms with Gasteiger partial charge in [0, 0.05) is 32.2 Å². The summed E-state index contributed by atoms with van der Waals surface area (Å²) in [6.07, 6.45) is 0. The molecule has 2 heteroatoms. The van der Waals surface area contributed by atoms with Crippen molar-refractivity contribution in [3.63, 3.8) is 0 Å². The van der Waals surface area contributed by atoms with Crippen LogP contribution < -0.4 is 5.32 Å². The van der Waals surface area contributed by atoms with Gasteiger partial charge < -0.3 is 5.32 Å². The fraction of sp³-hybridized carbons (Fsp3) is 0.667. The zero-order valence-corrected chi connectivity index (χ0v) is 13.7. The van der Waals surface area contributed by atoms with E-state index < -0.39 is 0 Å². The summed E-state index contributed by atoms with van der Waals surface area (Å²) in [6, 6.07) is 9.79.